The van der Waals surface area contributed by atoms with Crippen molar-refractivity contribution in [2.75, 3.05) is 13.2 Å². The molecule has 4 heterocycles. The molecule has 0 bridgehead atoms. The van der Waals surface area contributed by atoms with Crippen LogP contribution in [0.1, 0.15) is 34.1 Å². The Balaban J connectivity index is 1.71. The van der Waals surface area contributed by atoms with Crippen molar-refractivity contribution in [3.05, 3.63) is 0 Å². The lowest BCUT2D eigenvalue weighted by Gasteiger charge is -2.47. The lowest BCUT2D eigenvalue weighted by molar-refractivity contribution is -0.241. The number of hydrogen-bond acceptors (Lipinski definition) is 8. The molecule has 6 unspecified atom stereocenters. The van der Waals surface area contributed by atoms with Gasteiger partial charge in [-0.1, -0.05) is 27.7 Å². The molecule has 8 nitrogen and oxygen atoms in total. The fourth-order valence-corrected chi connectivity index (χ4v) is 8.51. The Kier molecular flexibility index (Phi) is 2.96. The molecule has 8 heteroatoms. The molecule has 6 aliphatic rings. The van der Waals surface area contributed by atoms with E-state index in [1.54, 1.807) is 6.92 Å². The molecule has 0 radical (unpaired) electrons. The molecule has 156 valence electrons. The molecule has 4 aliphatic heterocycles. The van der Waals surface area contributed by atoms with E-state index < -0.39 is 64.6 Å². The Bertz CT molecular complexity index is 779. The third-order valence-corrected chi connectivity index (χ3v) is 8.98. The molecule has 6 rings (SSSR count). The molecule has 2 spiro atoms. The molecule has 11 atom stereocenters. The Hall–Kier alpha value is -0.770. The summed E-state index contributed by atoms with van der Waals surface area (Å²) in [7, 11) is 0. The number of carbonyl (C=O) groups excluding carboxylic acids is 1. The highest BCUT2D eigenvalue weighted by Gasteiger charge is 3.02. The van der Waals surface area contributed by atoms with Crippen LogP contribution in [-0.4, -0.2) is 76.4 Å². The number of ether oxygens (including phenoxy) is 4. The van der Waals surface area contributed by atoms with Gasteiger partial charge >= 0.3 is 5.97 Å². The van der Waals surface area contributed by atoms with Crippen LogP contribution in [0.25, 0.3) is 0 Å². The molecular weight excluding hydrogens is 368 g/mol. The van der Waals surface area contributed by atoms with Crippen LogP contribution in [0.3, 0.4) is 0 Å². The van der Waals surface area contributed by atoms with E-state index in [1.807, 2.05) is 20.8 Å². The van der Waals surface area contributed by atoms with Gasteiger partial charge in [0.05, 0.1) is 30.8 Å². The average Bonchev–Trinajstić information content (AvgIpc) is 3.31. The molecule has 28 heavy (non-hydrogen) atoms. The van der Waals surface area contributed by atoms with Gasteiger partial charge in [-0.2, -0.15) is 0 Å². The maximum atomic E-state index is 13.4. The van der Waals surface area contributed by atoms with Crippen molar-refractivity contribution in [1.82, 2.24) is 0 Å². The van der Waals surface area contributed by atoms with Gasteiger partial charge in [0, 0.05) is 17.3 Å². The number of carbonyl (C=O) groups is 1. The van der Waals surface area contributed by atoms with Crippen molar-refractivity contribution in [2.45, 2.75) is 76.0 Å². The summed E-state index contributed by atoms with van der Waals surface area (Å²) in [6, 6.07) is 0. The monoisotopic (exact) mass is 396 g/mol. The minimum absolute atomic E-state index is 0.209. The highest BCUT2D eigenvalue weighted by Crippen LogP contribution is 2.84. The summed E-state index contributed by atoms with van der Waals surface area (Å²) in [5.41, 5.74) is -6.10. The number of fused-ring (bicyclic) bond motifs is 1. The Morgan fingerprint density at radius 1 is 1.14 bits per heavy atom. The Morgan fingerprint density at radius 3 is 2.54 bits per heavy atom. The van der Waals surface area contributed by atoms with E-state index in [1.165, 1.54) is 0 Å². The quantitative estimate of drug-likeness (QED) is 0.473. The summed E-state index contributed by atoms with van der Waals surface area (Å²) in [5, 5.41) is 35.0. The van der Waals surface area contributed by atoms with Crippen LogP contribution in [0.4, 0.5) is 0 Å². The van der Waals surface area contributed by atoms with Gasteiger partial charge in [-0.05, 0) is 11.8 Å². The topological polar surface area (TPSA) is 115 Å². The average molecular weight is 396 g/mol. The molecular formula is C20H28O8. The largest absolute Gasteiger partial charge is 0.456 e. The zero-order valence-corrected chi connectivity index (χ0v) is 16.5. The fourth-order valence-electron chi connectivity index (χ4n) is 8.51. The molecule has 2 saturated carbocycles. The minimum atomic E-state index is -1.81. The van der Waals surface area contributed by atoms with Crippen molar-refractivity contribution in [1.29, 1.82) is 0 Å². The van der Waals surface area contributed by atoms with Crippen LogP contribution in [0.2, 0.25) is 0 Å². The van der Waals surface area contributed by atoms with Gasteiger partial charge in [-0.25, -0.2) is 4.79 Å². The van der Waals surface area contributed by atoms with E-state index in [-0.39, 0.29) is 17.9 Å². The first kappa shape index (κ1) is 18.0. The zero-order chi connectivity index (χ0) is 20.1. The van der Waals surface area contributed by atoms with Crippen LogP contribution in [0.5, 0.6) is 0 Å². The van der Waals surface area contributed by atoms with E-state index in [2.05, 4.69) is 0 Å². The number of aliphatic hydroxyl groups is 3. The van der Waals surface area contributed by atoms with E-state index in [0.717, 1.165) is 0 Å². The lowest BCUT2D eigenvalue weighted by Crippen LogP contribution is -2.65. The highest BCUT2D eigenvalue weighted by molar-refractivity contribution is 5.89. The van der Waals surface area contributed by atoms with E-state index in [0.29, 0.717) is 13.0 Å². The van der Waals surface area contributed by atoms with E-state index in [9.17, 15) is 20.1 Å². The fraction of sp³-hybridized carbons (Fsp3) is 0.950. The first-order chi connectivity index (χ1) is 13.0. The second-order valence-corrected chi connectivity index (χ2v) is 10.7. The Morgan fingerprint density at radius 2 is 1.86 bits per heavy atom. The van der Waals surface area contributed by atoms with Gasteiger partial charge in [0.1, 0.15) is 17.8 Å². The zero-order valence-electron chi connectivity index (χ0n) is 16.5. The predicted molar refractivity (Wildman–Crippen MR) is 91.7 cm³/mol. The van der Waals surface area contributed by atoms with Crippen molar-refractivity contribution in [3.8, 4) is 0 Å². The highest BCUT2D eigenvalue weighted by atomic mass is 16.7. The predicted octanol–water partition coefficient (Wildman–Crippen LogP) is -0.423. The van der Waals surface area contributed by atoms with Gasteiger partial charge in [-0.15, -0.1) is 0 Å². The number of hydrogen-bond donors (Lipinski definition) is 3. The van der Waals surface area contributed by atoms with Gasteiger partial charge < -0.3 is 34.3 Å². The maximum Gasteiger partial charge on any atom is 0.342 e. The smallest absolute Gasteiger partial charge is 0.342 e. The summed E-state index contributed by atoms with van der Waals surface area (Å²) in [5.74, 6) is -1.51. The van der Waals surface area contributed by atoms with Crippen LogP contribution in [0.15, 0.2) is 0 Å². The maximum absolute atomic E-state index is 13.4. The van der Waals surface area contributed by atoms with E-state index >= 15 is 0 Å². The summed E-state index contributed by atoms with van der Waals surface area (Å²) in [6.07, 6.45) is -4.44. The summed E-state index contributed by atoms with van der Waals surface area (Å²) < 4.78 is 23.9. The van der Waals surface area contributed by atoms with Crippen LogP contribution < -0.4 is 0 Å². The third kappa shape index (κ3) is 1.29. The number of esters is 1. The lowest BCUT2D eigenvalue weighted by atomic mass is 9.52. The SMILES string of the molecule is C[C@@H]1COC2[C@H](O)C34C5OC(=O)C3(OC3OCCC34[C@H](C(C)(C)C)[C@H]5O)[C@]21O. The summed E-state index contributed by atoms with van der Waals surface area (Å²) in [4.78, 5) is 13.4. The molecule has 4 saturated heterocycles. The van der Waals surface area contributed by atoms with Gasteiger partial charge in [0.15, 0.2) is 6.29 Å². The summed E-state index contributed by atoms with van der Waals surface area (Å²) >= 11 is 0. The van der Waals surface area contributed by atoms with Gasteiger partial charge in [-0.3, -0.25) is 0 Å². The normalized spacial score (nSPS) is 64.0. The second-order valence-electron chi connectivity index (χ2n) is 10.7. The molecule has 0 amide bonds. The second kappa shape index (κ2) is 4.60. The van der Waals surface area contributed by atoms with E-state index in [4.69, 9.17) is 18.9 Å². The van der Waals surface area contributed by atoms with Gasteiger partial charge in [0.2, 0.25) is 5.60 Å². The van der Waals surface area contributed by atoms with Crippen LogP contribution >= 0.6 is 0 Å². The van der Waals surface area contributed by atoms with Crippen molar-refractivity contribution < 1.29 is 39.1 Å². The molecule has 2 aliphatic carbocycles. The molecule has 3 N–H and O–H groups in total. The standard InChI is InChI=1S/C20H28O8/c1-8-7-26-13-11(22)18-12-9(21)10(16(2,3)4)17(18)5-6-25-15(17)28-20(18,14(23)27-12)19(8,13)24/h8-13,15,21-22,24H,5-7H2,1-4H3/t8-,9-,10+,11+,12?,13?,15?,17?,18?,19-,20?/m1/s1. The number of rotatable bonds is 0. The molecule has 0 aromatic rings. The van der Waals surface area contributed by atoms with Crippen LogP contribution in [-0.2, 0) is 23.7 Å². The third-order valence-electron chi connectivity index (χ3n) is 8.98. The first-order valence-electron chi connectivity index (χ1n) is 10.2. The van der Waals surface area contributed by atoms with Crippen molar-refractivity contribution in [2.24, 2.45) is 28.1 Å². The van der Waals surface area contributed by atoms with Crippen LogP contribution in [0, 0.1) is 28.1 Å². The minimum Gasteiger partial charge on any atom is -0.456 e. The van der Waals surface area contributed by atoms with Gasteiger partial charge in [0.25, 0.3) is 0 Å². The Labute approximate surface area is 163 Å². The summed E-state index contributed by atoms with van der Waals surface area (Å²) in [6.45, 7) is 8.48. The number of aliphatic hydroxyl groups excluding tert-OH is 2. The van der Waals surface area contributed by atoms with Crippen molar-refractivity contribution >= 4 is 5.97 Å². The first-order valence-corrected chi connectivity index (χ1v) is 10.2. The molecule has 0 aromatic heterocycles. The molecule has 0 aromatic carbocycles. The molecule has 6 fully saturated rings. The van der Waals surface area contributed by atoms with Crippen molar-refractivity contribution in [3.63, 3.8) is 0 Å².